The molecule has 0 saturated carbocycles. The van der Waals surface area contributed by atoms with Crippen molar-refractivity contribution in [3.8, 4) is 0 Å². The maximum Gasteiger partial charge on any atom is 0.305 e. The van der Waals surface area contributed by atoms with Crippen molar-refractivity contribution in [3.63, 3.8) is 0 Å². The Morgan fingerprint density at radius 3 is 2.65 bits per heavy atom. The monoisotopic (exact) mass is 340 g/mol. The van der Waals surface area contributed by atoms with Crippen molar-refractivity contribution in [2.24, 2.45) is 0 Å². The van der Waals surface area contributed by atoms with Crippen LogP contribution in [-0.2, 0) is 14.3 Å². The number of nitrogens with one attached hydrogen (secondary N) is 2. The van der Waals surface area contributed by atoms with Gasteiger partial charge in [-0.05, 0) is 24.3 Å². The molecule has 0 atom stereocenters. The van der Waals surface area contributed by atoms with Gasteiger partial charge < -0.3 is 20.5 Å². The summed E-state index contributed by atoms with van der Waals surface area (Å²) in [7, 11) is 0. The molecule has 1 fully saturated rings. The van der Waals surface area contributed by atoms with Gasteiger partial charge in [0.25, 0.3) is 5.91 Å². The van der Waals surface area contributed by atoms with E-state index in [2.05, 4.69) is 10.6 Å². The lowest BCUT2D eigenvalue weighted by molar-refractivity contribution is -0.140. The number of aliphatic carboxylic acids is 1. The molecule has 0 bridgehead atoms. The molecular weight excluding hydrogens is 320 g/mol. The number of rotatable bonds is 7. The molecule has 2 amide bonds. The molecule has 1 saturated heterocycles. The summed E-state index contributed by atoms with van der Waals surface area (Å²) in [5.41, 5.74) is -0.180. The van der Waals surface area contributed by atoms with Crippen LogP contribution in [-0.4, -0.2) is 48.2 Å². The van der Waals surface area contributed by atoms with E-state index in [-0.39, 0.29) is 31.2 Å². The zero-order valence-electron chi connectivity index (χ0n) is 12.7. The van der Waals surface area contributed by atoms with Crippen LogP contribution in [0.4, 0.5) is 0 Å². The fourth-order valence-corrected chi connectivity index (χ4v) is 3.18. The summed E-state index contributed by atoms with van der Waals surface area (Å²) < 4.78 is 5.24. The van der Waals surface area contributed by atoms with E-state index < -0.39 is 11.5 Å². The van der Waals surface area contributed by atoms with Crippen LogP contribution >= 0.6 is 11.3 Å². The highest BCUT2D eigenvalue weighted by Crippen LogP contribution is 2.24. The summed E-state index contributed by atoms with van der Waals surface area (Å²) in [6.45, 7) is 1.07. The number of thiophene rings is 1. The van der Waals surface area contributed by atoms with E-state index in [1.807, 2.05) is 5.38 Å². The summed E-state index contributed by atoms with van der Waals surface area (Å²) >= 11 is 1.43. The Balaban J connectivity index is 1.80. The molecule has 3 N–H and O–H groups in total. The number of hydrogen-bond acceptors (Lipinski definition) is 5. The molecule has 0 radical (unpaired) electrons. The zero-order chi connectivity index (χ0) is 16.7. The van der Waals surface area contributed by atoms with Crippen LogP contribution in [0.5, 0.6) is 0 Å². The fourth-order valence-electron chi connectivity index (χ4n) is 2.54. The van der Waals surface area contributed by atoms with Gasteiger partial charge in [-0.15, -0.1) is 0 Å². The summed E-state index contributed by atoms with van der Waals surface area (Å²) in [4.78, 5) is 34.9. The summed E-state index contributed by atoms with van der Waals surface area (Å²) in [6.07, 6.45) is 0.945. The molecule has 1 aliphatic rings. The molecule has 2 heterocycles. The smallest absolute Gasteiger partial charge is 0.305 e. The van der Waals surface area contributed by atoms with Crippen LogP contribution in [0.15, 0.2) is 16.8 Å². The van der Waals surface area contributed by atoms with E-state index in [1.165, 1.54) is 11.3 Å². The topological polar surface area (TPSA) is 105 Å². The van der Waals surface area contributed by atoms with Gasteiger partial charge in [-0.1, -0.05) is 0 Å². The van der Waals surface area contributed by atoms with Crippen molar-refractivity contribution in [2.45, 2.75) is 31.2 Å². The highest BCUT2D eigenvalue weighted by molar-refractivity contribution is 7.08. The summed E-state index contributed by atoms with van der Waals surface area (Å²) in [5, 5.41) is 18.1. The van der Waals surface area contributed by atoms with Crippen molar-refractivity contribution in [3.05, 3.63) is 22.4 Å². The van der Waals surface area contributed by atoms with Gasteiger partial charge in [-0.3, -0.25) is 14.4 Å². The van der Waals surface area contributed by atoms with E-state index >= 15 is 0 Å². The molecule has 1 aliphatic heterocycles. The Morgan fingerprint density at radius 2 is 2.04 bits per heavy atom. The molecule has 0 spiro atoms. The lowest BCUT2D eigenvalue weighted by atomic mass is 9.86. The van der Waals surface area contributed by atoms with Gasteiger partial charge in [0.2, 0.25) is 5.91 Å². The quantitative estimate of drug-likeness (QED) is 0.687. The predicted molar refractivity (Wildman–Crippen MR) is 84.4 cm³/mol. The van der Waals surface area contributed by atoms with Crippen molar-refractivity contribution in [2.75, 3.05) is 19.8 Å². The van der Waals surface area contributed by atoms with Gasteiger partial charge in [-0.2, -0.15) is 11.3 Å². The van der Waals surface area contributed by atoms with Crippen LogP contribution in [0, 0.1) is 0 Å². The molecule has 2 rings (SSSR count). The highest BCUT2D eigenvalue weighted by Gasteiger charge is 2.36. The number of hydrogen-bond donors (Lipinski definition) is 3. The lowest BCUT2D eigenvalue weighted by Gasteiger charge is -2.36. The first-order chi connectivity index (χ1) is 11.0. The number of carboxylic acids is 1. The Morgan fingerprint density at radius 1 is 1.30 bits per heavy atom. The Labute approximate surface area is 138 Å². The van der Waals surface area contributed by atoms with Gasteiger partial charge >= 0.3 is 5.97 Å². The van der Waals surface area contributed by atoms with Gasteiger partial charge in [0.1, 0.15) is 0 Å². The van der Waals surface area contributed by atoms with E-state index in [1.54, 1.807) is 11.4 Å². The van der Waals surface area contributed by atoms with Crippen molar-refractivity contribution in [1.29, 1.82) is 0 Å². The van der Waals surface area contributed by atoms with E-state index in [0.717, 1.165) is 0 Å². The number of carbonyl (C=O) groups excluding carboxylic acids is 2. The molecule has 0 aliphatic carbocycles. The predicted octanol–water partition coefficient (Wildman–Crippen LogP) is 1.01. The summed E-state index contributed by atoms with van der Waals surface area (Å²) in [6, 6.07) is 1.71. The second-order valence-electron chi connectivity index (χ2n) is 5.53. The third-order valence-corrected chi connectivity index (χ3v) is 4.45. The van der Waals surface area contributed by atoms with Crippen LogP contribution < -0.4 is 10.6 Å². The van der Waals surface area contributed by atoms with Crippen LogP contribution in [0.2, 0.25) is 0 Å². The zero-order valence-corrected chi connectivity index (χ0v) is 13.5. The van der Waals surface area contributed by atoms with Crippen molar-refractivity contribution < 1.29 is 24.2 Å². The first-order valence-corrected chi connectivity index (χ1v) is 8.36. The molecule has 1 aromatic rings. The maximum atomic E-state index is 12.1. The number of amides is 2. The van der Waals surface area contributed by atoms with Gasteiger partial charge in [0, 0.05) is 37.1 Å². The second kappa shape index (κ2) is 8.07. The minimum absolute atomic E-state index is 0.109. The molecule has 8 heteroatoms. The molecule has 23 heavy (non-hydrogen) atoms. The Kier molecular flexibility index (Phi) is 6.12. The van der Waals surface area contributed by atoms with Gasteiger partial charge in [0.05, 0.1) is 12.0 Å². The van der Waals surface area contributed by atoms with Crippen LogP contribution in [0.25, 0.3) is 0 Å². The highest BCUT2D eigenvalue weighted by atomic mass is 32.1. The standard InChI is InChI=1S/C15H20N2O5S/c18-12(1-5-16-14(21)11-2-8-23-10-11)17-15(9-13(19)20)3-6-22-7-4-15/h2,8,10H,1,3-7,9H2,(H,16,21)(H,17,18)(H,19,20). The molecule has 7 nitrogen and oxygen atoms in total. The lowest BCUT2D eigenvalue weighted by Crippen LogP contribution is -2.53. The normalized spacial score (nSPS) is 16.5. The SMILES string of the molecule is O=C(O)CC1(NC(=O)CCNC(=O)c2ccsc2)CCOCC1. The van der Waals surface area contributed by atoms with E-state index in [9.17, 15) is 14.4 Å². The van der Waals surface area contributed by atoms with Crippen molar-refractivity contribution in [1.82, 2.24) is 10.6 Å². The second-order valence-corrected chi connectivity index (χ2v) is 6.31. The third kappa shape index (κ3) is 5.33. The minimum Gasteiger partial charge on any atom is -0.481 e. The summed E-state index contributed by atoms with van der Waals surface area (Å²) in [5.74, 6) is -1.43. The fraction of sp³-hybridized carbons (Fsp3) is 0.533. The number of carboxylic acid groups (broad SMARTS) is 1. The molecule has 126 valence electrons. The third-order valence-electron chi connectivity index (χ3n) is 3.77. The van der Waals surface area contributed by atoms with Crippen LogP contribution in [0.1, 0.15) is 36.0 Å². The largest absolute Gasteiger partial charge is 0.481 e. The molecule has 1 aromatic heterocycles. The maximum absolute atomic E-state index is 12.1. The number of carbonyl (C=O) groups is 3. The van der Waals surface area contributed by atoms with E-state index in [0.29, 0.717) is 31.6 Å². The minimum atomic E-state index is -0.946. The van der Waals surface area contributed by atoms with Crippen LogP contribution in [0.3, 0.4) is 0 Å². The van der Waals surface area contributed by atoms with Gasteiger partial charge in [-0.25, -0.2) is 0 Å². The first-order valence-electron chi connectivity index (χ1n) is 7.42. The average molecular weight is 340 g/mol. The first kappa shape index (κ1) is 17.4. The average Bonchev–Trinajstić information content (AvgIpc) is 3.01. The molecule has 0 aromatic carbocycles. The molecule has 0 unspecified atom stereocenters. The number of ether oxygens (including phenoxy) is 1. The Hall–Kier alpha value is -1.93. The van der Waals surface area contributed by atoms with E-state index in [4.69, 9.17) is 9.84 Å². The van der Waals surface area contributed by atoms with Gasteiger partial charge in [0.15, 0.2) is 0 Å². The van der Waals surface area contributed by atoms with Crippen molar-refractivity contribution >= 4 is 29.1 Å². The molecular formula is C15H20N2O5S. The Bertz CT molecular complexity index is 552.